The molecule has 90 valence electrons. The molecule has 0 radical (unpaired) electrons. The van der Waals surface area contributed by atoms with Crippen molar-refractivity contribution in [1.82, 2.24) is 0 Å². The molecule has 17 heavy (non-hydrogen) atoms. The van der Waals surface area contributed by atoms with Crippen LogP contribution in [0, 0.1) is 6.92 Å². The van der Waals surface area contributed by atoms with Crippen LogP contribution < -0.4 is 0 Å². The average molecular weight is 334 g/mol. The number of aryl methyl sites for hydroxylation is 1. The van der Waals surface area contributed by atoms with Crippen LogP contribution in [-0.4, -0.2) is 14.7 Å². The third-order valence-corrected chi connectivity index (χ3v) is 5.01. The normalized spacial score (nSPS) is 12.0. The minimum absolute atomic E-state index is 0.360. The predicted octanol–water partition coefficient (Wildman–Crippen LogP) is 3.97. The van der Waals surface area contributed by atoms with E-state index in [2.05, 4.69) is 15.9 Å². The number of rotatable bonds is 1. The van der Waals surface area contributed by atoms with Crippen LogP contribution in [0.2, 0.25) is 5.02 Å². The number of fused-ring (bicyclic) bond motifs is 1. The van der Waals surface area contributed by atoms with E-state index in [-0.39, 0.29) is 0 Å². The van der Waals surface area contributed by atoms with Gasteiger partial charge in [-0.05, 0) is 57.4 Å². The summed E-state index contributed by atoms with van der Waals surface area (Å²) in [6.07, 6.45) is 1.21. The molecule has 0 saturated heterocycles. The molecule has 0 aliphatic rings. The molecule has 0 bridgehead atoms. The van der Waals surface area contributed by atoms with E-state index in [0.29, 0.717) is 9.92 Å². The highest BCUT2D eigenvalue weighted by Crippen LogP contribution is 2.31. The van der Waals surface area contributed by atoms with Gasteiger partial charge in [0.2, 0.25) is 0 Å². The third kappa shape index (κ3) is 2.49. The van der Waals surface area contributed by atoms with Gasteiger partial charge in [-0.1, -0.05) is 17.7 Å². The summed E-state index contributed by atoms with van der Waals surface area (Å²) in [5, 5.41) is 2.40. The molecule has 0 unspecified atom stereocenters. The molecule has 0 spiro atoms. The van der Waals surface area contributed by atoms with Crippen LogP contribution >= 0.6 is 27.5 Å². The zero-order chi connectivity index (χ0) is 12.8. The molecule has 0 aliphatic carbocycles. The zero-order valence-corrected chi connectivity index (χ0v) is 12.4. The third-order valence-electron chi connectivity index (χ3n) is 2.57. The maximum absolute atomic E-state index is 11.6. The van der Waals surface area contributed by atoms with Gasteiger partial charge in [-0.25, -0.2) is 8.42 Å². The number of benzene rings is 2. The molecule has 0 aromatic heterocycles. The van der Waals surface area contributed by atoms with Crippen LogP contribution in [0.3, 0.4) is 0 Å². The van der Waals surface area contributed by atoms with Crippen LogP contribution in [0.15, 0.2) is 33.6 Å². The molecule has 0 amide bonds. The molecule has 0 N–H and O–H groups in total. The van der Waals surface area contributed by atoms with E-state index < -0.39 is 9.84 Å². The van der Waals surface area contributed by atoms with Crippen molar-refractivity contribution < 1.29 is 8.42 Å². The molecule has 0 atom stereocenters. The number of hydrogen-bond acceptors (Lipinski definition) is 2. The molecule has 2 rings (SSSR count). The van der Waals surface area contributed by atoms with Gasteiger partial charge >= 0.3 is 0 Å². The molecule has 0 heterocycles. The highest BCUT2D eigenvalue weighted by atomic mass is 79.9. The van der Waals surface area contributed by atoms with Gasteiger partial charge in [0.15, 0.2) is 9.84 Å². The van der Waals surface area contributed by atoms with Crippen molar-refractivity contribution in [3.63, 3.8) is 0 Å². The van der Waals surface area contributed by atoms with Crippen LogP contribution in [-0.2, 0) is 9.84 Å². The topological polar surface area (TPSA) is 34.1 Å². The van der Waals surface area contributed by atoms with Crippen LogP contribution in [0.4, 0.5) is 0 Å². The molecule has 2 aromatic rings. The number of halogens is 2. The fourth-order valence-corrected chi connectivity index (χ4v) is 3.30. The van der Waals surface area contributed by atoms with Crippen LogP contribution in [0.5, 0.6) is 0 Å². The predicted molar refractivity (Wildman–Crippen MR) is 74.5 cm³/mol. The van der Waals surface area contributed by atoms with Crippen molar-refractivity contribution in [2.45, 2.75) is 11.8 Å². The summed E-state index contributed by atoms with van der Waals surface area (Å²) < 4.78 is 24.0. The Bertz CT molecular complexity index is 708. The van der Waals surface area contributed by atoms with Crippen molar-refractivity contribution in [3.05, 3.63) is 39.3 Å². The summed E-state index contributed by atoms with van der Waals surface area (Å²) >= 11 is 9.33. The second-order valence-electron chi connectivity index (χ2n) is 4.00. The smallest absolute Gasteiger partial charge is 0.175 e. The van der Waals surface area contributed by atoms with Gasteiger partial charge in [-0.3, -0.25) is 0 Å². The van der Waals surface area contributed by atoms with E-state index in [9.17, 15) is 8.42 Å². The first-order chi connectivity index (χ1) is 7.79. The van der Waals surface area contributed by atoms with E-state index in [1.807, 2.05) is 18.2 Å². The van der Waals surface area contributed by atoms with Crippen molar-refractivity contribution >= 4 is 48.1 Å². The van der Waals surface area contributed by atoms with Crippen molar-refractivity contribution in [1.29, 1.82) is 0 Å². The lowest BCUT2D eigenvalue weighted by atomic mass is 10.1. The van der Waals surface area contributed by atoms with Gasteiger partial charge in [0.25, 0.3) is 0 Å². The van der Waals surface area contributed by atoms with Gasteiger partial charge < -0.3 is 0 Å². The Morgan fingerprint density at radius 3 is 2.29 bits per heavy atom. The van der Waals surface area contributed by atoms with Crippen molar-refractivity contribution in [2.24, 2.45) is 0 Å². The molecule has 2 nitrogen and oxygen atoms in total. The van der Waals surface area contributed by atoms with Gasteiger partial charge in [0.1, 0.15) is 0 Å². The van der Waals surface area contributed by atoms with E-state index in [0.717, 1.165) is 20.8 Å². The van der Waals surface area contributed by atoms with E-state index in [1.165, 1.54) is 6.26 Å². The Hall–Kier alpha value is -0.580. The highest BCUT2D eigenvalue weighted by Gasteiger charge is 2.12. The lowest BCUT2D eigenvalue weighted by Gasteiger charge is -2.07. The first-order valence-corrected chi connectivity index (χ1v) is 7.95. The number of sulfone groups is 1. The zero-order valence-electron chi connectivity index (χ0n) is 9.29. The van der Waals surface area contributed by atoms with E-state index in [1.54, 1.807) is 13.0 Å². The highest BCUT2D eigenvalue weighted by molar-refractivity contribution is 9.10. The largest absolute Gasteiger partial charge is 0.224 e. The van der Waals surface area contributed by atoms with Gasteiger partial charge in [-0.15, -0.1) is 0 Å². The molecule has 0 fully saturated rings. The van der Waals surface area contributed by atoms with E-state index >= 15 is 0 Å². The second-order valence-corrected chi connectivity index (χ2v) is 7.25. The Kier molecular flexibility index (Phi) is 3.23. The molecule has 5 heteroatoms. The minimum Gasteiger partial charge on any atom is -0.224 e. The quantitative estimate of drug-likeness (QED) is 0.791. The minimum atomic E-state index is -3.20. The standard InChI is InChI=1S/C12H10BrClO2S/c1-7-3-8-5-11(14)10(13)4-9(8)6-12(7)17(2,15)16/h3-6H,1-2H3. The first-order valence-electron chi connectivity index (χ1n) is 4.88. The van der Waals surface area contributed by atoms with Gasteiger partial charge in [0.05, 0.1) is 9.92 Å². The Morgan fingerprint density at radius 1 is 1.12 bits per heavy atom. The Morgan fingerprint density at radius 2 is 1.71 bits per heavy atom. The lowest BCUT2D eigenvalue weighted by molar-refractivity contribution is 0.601. The fraction of sp³-hybridized carbons (Fsp3) is 0.167. The molecular weight excluding hydrogens is 324 g/mol. The summed E-state index contributed by atoms with van der Waals surface area (Å²) in [4.78, 5) is 0.360. The Labute approximate surface area is 114 Å². The van der Waals surface area contributed by atoms with Crippen molar-refractivity contribution in [2.75, 3.05) is 6.26 Å². The molecule has 2 aromatic carbocycles. The maximum atomic E-state index is 11.6. The van der Waals surface area contributed by atoms with Crippen molar-refractivity contribution in [3.8, 4) is 0 Å². The summed E-state index contributed by atoms with van der Waals surface area (Å²) in [5.41, 5.74) is 0.735. The summed E-state index contributed by atoms with van der Waals surface area (Å²) in [5.74, 6) is 0. The molecule has 0 aliphatic heterocycles. The lowest BCUT2D eigenvalue weighted by Crippen LogP contribution is -1.99. The maximum Gasteiger partial charge on any atom is 0.175 e. The summed E-state index contributed by atoms with van der Waals surface area (Å²) in [7, 11) is -3.20. The summed E-state index contributed by atoms with van der Waals surface area (Å²) in [6, 6.07) is 7.16. The molecule has 0 saturated carbocycles. The van der Waals surface area contributed by atoms with Crippen LogP contribution in [0.1, 0.15) is 5.56 Å². The van der Waals surface area contributed by atoms with E-state index in [4.69, 9.17) is 11.6 Å². The van der Waals surface area contributed by atoms with Gasteiger partial charge in [-0.2, -0.15) is 0 Å². The first kappa shape index (κ1) is 12.9. The molecular formula is C12H10BrClO2S. The fourth-order valence-electron chi connectivity index (χ4n) is 1.79. The second kappa shape index (κ2) is 4.26. The van der Waals surface area contributed by atoms with Crippen LogP contribution in [0.25, 0.3) is 10.8 Å². The number of hydrogen-bond donors (Lipinski definition) is 0. The monoisotopic (exact) mass is 332 g/mol. The van der Waals surface area contributed by atoms with Gasteiger partial charge in [0, 0.05) is 10.7 Å². The average Bonchev–Trinajstić information content (AvgIpc) is 2.18. The Balaban J connectivity index is 2.86. The summed E-state index contributed by atoms with van der Waals surface area (Å²) in [6.45, 7) is 1.78. The SMILES string of the molecule is Cc1cc2cc(Cl)c(Br)cc2cc1S(C)(=O)=O.